The molecule has 2 aliphatic rings. The molecule has 0 saturated carbocycles. The molecule has 1 aromatic rings. The molecule has 3 rings (SSSR count). The van der Waals surface area contributed by atoms with Crippen LogP contribution in [0.15, 0.2) is 30.3 Å². The van der Waals surface area contributed by atoms with Crippen molar-refractivity contribution in [1.82, 2.24) is 10.2 Å². The van der Waals surface area contributed by atoms with E-state index in [1.807, 2.05) is 24.3 Å². The molecule has 1 atom stereocenters. The third-order valence-electron chi connectivity index (χ3n) is 4.30. The first-order chi connectivity index (χ1) is 10.7. The molecule has 0 radical (unpaired) electrons. The summed E-state index contributed by atoms with van der Waals surface area (Å²) in [5.41, 5.74) is 0.984. The molecule has 0 aliphatic carbocycles. The average molecular weight is 302 g/mol. The summed E-state index contributed by atoms with van der Waals surface area (Å²) < 4.78 is 10.9. The number of ether oxygens (including phenoxy) is 2. The summed E-state index contributed by atoms with van der Waals surface area (Å²) in [6, 6.07) is 8.01. The van der Waals surface area contributed by atoms with Crippen LogP contribution < -0.4 is 10.1 Å². The SMILES string of the molecule is COc1ccc(/C=C/CN2CCC3(CNC(=O)CO3)C2)cc1. The van der Waals surface area contributed by atoms with E-state index in [0.29, 0.717) is 6.54 Å². The summed E-state index contributed by atoms with van der Waals surface area (Å²) in [6.45, 7) is 3.59. The van der Waals surface area contributed by atoms with Crippen LogP contribution in [-0.4, -0.2) is 56.3 Å². The molecule has 1 N–H and O–H groups in total. The van der Waals surface area contributed by atoms with Crippen molar-refractivity contribution in [2.75, 3.05) is 39.9 Å². The van der Waals surface area contributed by atoms with Crippen LogP contribution in [0.5, 0.6) is 5.75 Å². The maximum absolute atomic E-state index is 11.2. The number of rotatable bonds is 4. The Morgan fingerprint density at radius 3 is 2.91 bits per heavy atom. The van der Waals surface area contributed by atoms with Crippen molar-refractivity contribution < 1.29 is 14.3 Å². The maximum atomic E-state index is 11.2. The van der Waals surface area contributed by atoms with E-state index in [1.54, 1.807) is 7.11 Å². The predicted molar refractivity (Wildman–Crippen MR) is 84.8 cm³/mol. The second-order valence-electron chi connectivity index (χ2n) is 5.91. The van der Waals surface area contributed by atoms with Gasteiger partial charge in [0.25, 0.3) is 0 Å². The first-order valence-electron chi connectivity index (χ1n) is 7.63. The minimum atomic E-state index is -0.179. The van der Waals surface area contributed by atoms with E-state index in [0.717, 1.165) is 37.4 Å². The minimum absolute atomic E-state index is 0.0107. The average Bonchev–Trinajstić information content (AvgIpc) is 2.94. The van der Waals surface area contributed by atoms with Crippen LogP contribution in [0.3, 0.4) is 0 Å². The summed E-state index contributed by atoms with van der Waals surface area (Å²) in [4.78, 5) is 13.5. The van der Waals surface area contributed by atoms with Crippen LogP contribution in [0.25, 0.3) is 6.08 Å². The molecule has 0 aromatic heterocycles. The summed E-state index contributed by atoms with van der Waals surface area (Å²) in [7, 11) is 1.67. The number of hydrogen-bond acceptors (Lipinski definition) is 4. The first-order valence-corrected chi connectivity index (χ1v) is 7.63. The van der Waals surface area contributed by atoms with Gasteiger partial charge in [0.15, 0.2) is 0 Å². The molecule has 1 aromatic carbocycles. The number of nitrogens with zero attached hydrogens (tertiary/aromatic N) is 1. The van der Waals surface area contributed by atoms with Gasteiger partial charge in [0.1, 0.15) is 12.4 Å². The normalized spacial score (nSPS) is 25.8. The number of nitrogens with one attached hydrogen (secondary N) is 1. The number of likely N-dealkylation sites (tertiary alicyclic amines) is 1. The Morgan fingerprint density at radius 1 is 1.41 bits per heavy atom. The zero-order chi connectivity index (χ0) is 15.4. The molecule has 5 heteroatoms. The number of hydrogen-bond donors (Lipinski definition) is 1. The number of amides is 1. The van der Waals surface area contributed by atoms with Gasteiger partial charge < -0.3 is 14.8 Å². The Hall–Kier alpha value is -1.85. The smallest absolute Gasteiger partial charge is 0.246 e. The van der Waals surface area contributed by atoms with Crippen LogP contribution in [-0.2, 0) is 9.53 Å². The van der Waals surface area contributed by atoms with Crippen molar-refractivity contribution in [2.24, 2.45) is 0 Å². The Morgan fingerprint density at radius 2 is 2.23 bits per heavy atom. The van der Waals surface area contributed by atoms with Gasteiger partial charge in [-0.25, -0.2) is 0 Å². The molecular weight excluding hydrogens is 280 g/mol. The summed E-state index contributed by atoms with van der Waals surface area (Å²) in [5, 5.41) is 2.91. The Labute approximate surface area is 130 Å². The Balaban J connectivity index is 1.50. The molecule has 1 spiro atoms. The fraction of sp³-hybridized carbons (Fsp3) is 0.471. The van der Waals surface area contributed by atoms with Gasteiger partial charge in [-0.1, -0.05) is 24.3 Å². The molecule has 22 heavy (non-hydrogen) atoms. The summed E-state index contributed by atoms with van der Waals surface area (Å²) in [5.74, 6) is 0.860. The van der Waals surface area contributed by atoms with E-state index in [9.17, 15) is 4.79 Å². The molecule has 118 valence electrons. The summed E-state index contributed by atoms with van der Waals surface area (Å²) >= 11 is 0. The van der Waals surface area contributed by atoms with Gasteiger partial charge in [-0.3, -0.25) is 9.69 Å². The topological polar surface area (TPSA) is 50.8 Å². The summed E-state index contributed by atoms with van der Waals surface area (Å²) in [6.07, 6.45) is 5.26. The van der Waals surface area contributed by atoms with E-state index < -0.39 is 0 Å². The predicted octanol–water partition coefficient (Wildman–Crippen LogP) is 1.30. The largest absolute Gasteiger partial charge is 0.497 e. The van der Waals surface area contributed by atoms with Crippen LogP contribution in [0, 0.1) is 0 Å². The number of carbonyl (C=O) groups is 1. The second kappa shape index (κ2) is 6.50. The molecule has 5 nitrogen and oxygen atoms in total. The van der Waals surface area contributed by atoms with Gasteiger partial charge in [0, 0.05) is 26.2 Å². The maximum Gasteiger partial charge on any atom is 0.246 e. The highest BCUT2D eigenvalue weighted by molar-refractivity contribution is 5.78. The molecule has 1 amide bonds. The lowest BCUT2D eigenvalue weighted by molar-refractivity contribution is -0.142. The van der Waals surface area contributed by atoms with Crippen molar-refractivity contribution in [3.8, 4) is 5.75 Å². The lowest BCUT2D eigenvalue weighted by Crippen LogP contribution is -2.53. The zero-order valence-electron chi connectivity index (χ0n) is 12.9. The van der Waals surface area contributed by atoms with Crippen molar-refractivity contribution in [3.05, 3.63) is 35.9 Å². The van der Waals surface area contributed by atoms with E-state index in [-0.39, 0.29) is 18.1 Å². The molecule has 1 unspecified atom stereocenters. The lowest BCUT2D eigenvalue weighted by Gasteiger charge is -2.33. The Bertz CT molecular complexity index is 544. The number of morpholine rings is 1. The van der Waals surface area contributed by atoms with E-state index in [4.69, 9.17) is 9.47 Å². The molecule has 2 heterocycles. The van der Waals surface area contributed by atoms with Crippen molar-refractivity contribution in [3.63, 3.8) is 0 Å². The van der Waals surface area contributed by atoms with Gasteiger partial charge in [-0.05, 0) is 24.1 Å². The third kappa shape index (κ3) is 3.48. The van der Waals surface area contributed by atoms with Crippen LogP contribution >= 0.6 is 0 Å². The number of carbonyl (C=O) groups excluding carboxylic acids is 1. The van der Waals surface area contributed by atoms with Gasteiger partial charge in [0.2, 0.25) is 5.91 Å². The zero-order valence-corrected chi connectivity index (χ0v) is 12.9. The van der Waals surface area contributed by atoms with Crippen LogP contribution in [0.4, 0.5) is 0 Å². The van der Waals surface area contributed by atoms with Crippen molar-refractivity contribution in [2.45, 2.75) is 12.0 Å². The highest BCUT2D eigenvalue weighted by atomic mass is 16.5. The molecule has 2 saturated heterocycles. The second-order valence-corrected chi connectivity index (χ2v) is 5.91. The van der Waals surface area contributed by atoms with Crippen molar-refractivity contribution in [1.29, 1.82) is 0 Å². The van der Waals surface area contributed by atoms with Gasteiger partial charge in [-0.2, -0.15) is 0 Å². The highest BCUT2D eigenvalue weighted by Gasteiger charge is 2.41. The molecular formula is C17H22N2O3. The quantitative estimate of drug-likeness (QED) is 0.911. The fourth-order valence-corrected chi connectivity index (χ4v) is 2.98. The number of methoxy groups -OCH3 is 1. The standard InChI is InChI=1S/C17H22N2O3/c1-21-15-6-4-14(5-7-15)3-2-9-19-10-8-17(13-19)12-18-16(20)11-22-17/h2-7H,8-13H2,1H3,(H,18,20)/b3-2+. The van der Waals surface area contributed by atoms with Gasteiger partial charge in [0.05, 0.1) is 12.7 Å². The van der Waals surface area contributed by atoms with Gasteiger partial charge in [-0.15, -0.1) is 0 Å². The highest BCUT2D eigenvalue weighted by Crippen LogP contribution is 2.26. The van der Waals surface area contributed by atoms with Crippen LogP contribution in [0.2, 0.25) is 0 Å². The fourth-order valence-electron chi connectivity index (χ4n) is 2.98. The van der Waals surface area contributed by atoms with Crippen LogP contribution in [0.1, 0.15) is 12.0 Å². The van der Waals surface area contributed by atoms with Gasteiger partial charge >= 0.3 is 0 Å². The third-order valence-corrected chi connectivity index (χ3v) is 4.30. The monoisotopic (exact) mass is 302 g/mol. The van der Waals surface area contributed by atoms with Crippen molar-refractivity contribution >= 4 is 12.0 Å². The minimum Gasteiger partial charge on any atom is -0.497 e. The molecule has 0 bridgehead atoms. The number of benzene rings is 1. The Kier molecular flexibility index (Phi) is 4.45. The van der Waals surface area contributed by atoms with E-state index in [2.05, 4.69) is 22.4 Å². The first kappa shape index (κ1) is 15.1. The molecule has 2 fully saturated rings. The van der Waals surface area contributed by atoms with E-state index >= 15 is 0 Å². The molecule has 2 aliphatic heterocycles. The lowest BCUT2D eigenvalue weighted by atomic mass is 10.0. The van der Waals surface area contributed by atoms with E-state index in [1.165, 1.54) is 0 Å².